The van der Waals surface area contributed by atoms with E-state index in [9.17, 15) is 24.2 Å². The van der Waals surface area contributed by atoms with Gasteiger partial charge in [0.2, 0.25) is 5.91 Å². The summed E-state index contributed by atoms with van der Waals surface area (Å²) in [6, 6.07) is 8.29. The van der Waals surface area contributed by atoms with E-state index in [2.05, 4.69) is 58.4 Å². The van der Waals surface area contributed by atoms with Crippen LogP contribution in [0.25, 0.3) is 10.9 Å². The van der Waals surface area contributed by atoms with Gasteiger partial charge in [-0.2, -0.15) is 0 Å². The zero-order chi connectivity index (χ0) is 31.7. The van der Waals surface area contributed by atoms with Crippen molar-refractivity contribution in [3.8, 4) is 0 Å². The molecule has 9 nitrogen and oxygen atoms in total. The van der Waals surface area contributed by atoms with Gasteiger partial charge in [-0.3, -0.25) is 4.79 Å². The first kappa shape index (κ1) is 34.0. The van der Waals surface area contributed by atoms with Crippen molar-refractivity contribution >= 4 is 28.7 Å². The van der Waals surface area contributed by atoms with E-state index in [1.165, 1.54) is 23.1 Å². The molecular formula is C33H47FN4O5. The number of hydrogen-bond donors (Lipinski definition) is 4. The molecule has 10 heteroatoms. The molecule has 236 valence electrons. The van der Waals surface area contributed by atoms with Gasteiger partial charge in [0.05, 0.1) is 18.3 Å². The third-order valence-corrected chi connectivity index (χ3v) is 8.32. The summed E-state index contributed by atoms with van der Waals surface area (Å²) in [5, 5.41) is 27.4. The molecular weight excluding hydrogens is 551 g/mol. The van der Waals surface area contributed by atoms with Crippen molar-refractivity contribution in [1.82, 2.24) is 14.9 Å². The summed E-state index contributed by atoms with van der Waals surface area (Å²) in [5.74, 6) is -1.14. The highest BCUT2D eigenvalue weighted by molar-refractivity contribution is 5.91. The molecule has 0 aliphatic rings. The standard InChI is InChI=1S/C33H47FN4O5/c1-20(2)24(14-22-9-11-29-27(15-22)23(19-38(29)5)8-7-13-43-6)16-28(36-33(41)42)30(39)17-26(21(3)4)32(40)37-31-12-10-25(34)18-35-31/h9-12,15,18-21,24,26,28,30,36,39H,7-8,13-14,16-17H2,1-6H3,(H,41,42)(H,35,37,40). The summed E-state index contributed by atoms with van der Waals surface area (Å²) in [7, 11) is 3.75. The first-order valence-electron chi connectivity index (χ1n) is 15.0. The van der Waals surface area contributed by atoms with E-state index in [0.29, 0.717) is 13.0 Å². The molecule has 0 spiro atoms. The number of nitrogens with one attached hydrogen (secondary N) is 2. The molecule has 0 aliphatic carbocycles. The summed E-state index contributed by atoms with van der Waals surface area (Å²) in [4.78, 5) is 28.8. The van der Waals surface area contributed by atoms with Crippen LogP contribution in [0.2, 0.25) is 0 Å². The van der Waals surface area contributed by atoms with Crippen LogP contribution >= 0.6 is 0 Å². The smallest absolute Gasteiger partial charge is 0.404 e. The molecule has 0 fully saturated rings. The Labute approximate surface area is 253 Å². The Morgan fingerprint density at radius 1 is 1.09 bits per heavy atom. The molecule has 0 saturated carbocycles. The SMILES string of the molecule is COCCCc1cn(C)c2ccc(CC(CC(NC(=O)O)C(O)CC(C(=O)Nc3ccc(F)cn3)C(C)C)C(C)C)cc12. The van der Waals surface area contributed by atoms with Crippen LogP contribution in [0.1, 0.15) is 58.1 Å². The lowest BCUT2D eigenvalue weighted by atomic mass is 9.80. The van der Waals surface area contributed by atoms with E-state index in [1.54, 1.807) is 7.11 Å². The molecule has 2 aromatic heterocycles. The Morgan fingerprint density at radius 2 is 1.84 bits per heavy atom. The van der Waals surface area contributed by atoms with Gasteiger partial charge in [0.25, 0.3) is 0 Å². The highest BCUT2D eigenvalue weighted by Gasteiger charge is 2.32. The second-order valence-electron chi connectivity index (χ2n) is 12.2. The predicted octanol–water partition coefficient (Wildman–Crippen LogP) is 5.79. The van der Waals surface area contributed by atoms with Crippen molar-refractivity contribution < 1.29 is 28.9 Å². The maximum Gasteiger partial charge on any atom is 0.404 e. The van der Waals surface area contributed by atoms with Gasteiger partial charge < -0.3 is 30.2 Å². The number of halogens is 1. The third-order valence-electron chi connectivity index (χ3n) is 8.32. The number of anilines is 1. The molecule has 3 rings (SSSR count). The predicted molar refractivity (Wildman–Crippen MR) is 166 cm³/mol. The molecule has 2 heterocycles. The van der Waals surface area contributed by atoms with E-state index < -0.39 is 30.0 Å². The molecule has 4 atom stereocenters. The van der Waals surface area contributed by atoms with Crippen LogP contribution in [0.5, 0.6) is 0 Å². The first-order valence-corrected chi connectivity index (χ1v) is 15.0. The molecule has 4 unspecified atom stereocenters. The number of aromatic nitrogens is 2. The fraction of sp³-hybridized carbons (Fsp3) is 0.545. The van der Waals surface area contributed by atoms with Crippen molar-refractivity contribution in [3.63, 3.8) is 0 Å². The maximum absolute atomic E-state index is 13.3. The van der Waals surface area contributed by atoms with Crippen LogP contribution < -0.4 is 10.6 Å². The fourth-order valence-corrected chi connectivity index (χ4v) is 5.72. The lowest BCUT2D eigenvalue weighted by Crippen LogP contribution is -2.46. The Morgan fingerprint density at radius 3 is 2.44 bits per heavy atom. The zero-order valence-corrected chi connectivity index (χ0v) is 26.1. The summed E-state index contributed by atoms with van der Waals surface area (Å²) < 4.78 is 20.6. The van der Waals surface area contributed by atoms with Crippen LogP contribution in [-0.4, -0.2) is 57.6 Å². The second kappa shape index (κ2) is 15.8. The minimum atomic E-state index is -1.22. The van der Waals surface area contributed by atoms with E-state index in [0.717, 1.165) is 36.5 Å². The molecule has 0 bridgehead atoms. The maximum atomic E-state index is 13.3. The van der Waals surface area contributed by atoms with Crippen LogP contribution in [0, 0.1) is 29.5 Å². The number of aliphatic hydroxyl groups excluding tert-OH is 1. The van der Waals surface area contributed by atoms with Gasteiger partial charge in [0.15, 0.2) is 0 Å². The summed E-state index contributed by atoms with van der Waals surface area (Å²) in [6.07, 6.45) is 3.90. The monoisotopic (exact) mass is 598 g/mol. The molecule has 1 aromatic carbocycles. The Balaban J connectivity index is 1.77. The van der Waals surface area contributed by atoms with Crippen molar-refractivity contribution in [1.29, 1.82) is 0 Å². The van der Waals surface area contributed by atoms with Crippen molar-refractivity contribution in [3.05, 3.63) is 59.7 Å². The van der Waals surface area contributed by atoms with E-state index in [1.807, 2.05) is 20.9 Å². The molecule has 3 aromatic rings. The number of methoxy groups -OCH3 is 1. The number of pyridine rings is 1. The zero-order valence-electron chi connectivity index (χ0n) is 26.1. The quantitative estimate of drug-likeness (QED) is 0.155. The molecule has 43 heavy (non-hydrogen) atoms. The normalized spacial score (nSPS) is 14.6. The molecule has 2 amide bonds. The topological polar surface area (TPSA) is 126 Å². The van der Waals surface area contributed by atoms with Crippen molar-refractivity contribution in [2.45, 2.75) is 71.9 Å². The van der Waals surface area contributed by atoms with E-state index >= 15 is 0 Å². The number of ether oxygens (including phenoxy) is 1. The number of carboxylic acid groups (broad SMARTS) is 1. The van der Waals surface area contributed by atoms with Gasteiger partial charge >= 0.3 is 6.09 Å². The number of benzene rings is 1. The number of rotatable bonds is 16. The van der Waals surface area contributed by atoms with Crippen molar-refractivity contribution in [2.75, 3.05) is 19.0 Å². The van der Waals surface area contributed by atoms with Crippen LogP contribution in [0.15, 0.2) is 42.7 Å². The molecule has 0 aliphatic heterocycles. The fourth-order valence-electron chi connectivity index (χ4n) is 5.72. The Hall–Kier alpha value is -3.50. The van der Waals surface area contributed by atoms with E-state index in [4.69, 9.17) is 4.74 Å². The van der Waals surface area contributed by atoms with Gasteiger partial charge in [-0.15, -0.1) is 0 Å². The minimum absolute atomic E-state index is 0.0568. The number of aliphatic hydroxyl groups is 1. The lowest BCUT2D eigenvalue weighted by Gasteiger charge is -2.32. The number of carbonyl (C=O) groups is 2. The van der Waals surface area contributed by atoms with Crippen LogP contribution in [0.4, 0.5) is 15.0 Å². The Kier molecular flexibility index (Phi) is 12.5. The van der Waals surface area contributed by atoms with Gasteiger partial charge in [-0.05, 0) is 85.3 Å². The highest BCUT2D eigenvalue weighted by atomic mass is 19.1. The summed E-state index contributed by atoms with van der Waals surface area (Å²) in [5.41, 5.74) is 3.58. The number of hydrogen-bond acceptors (Lipinski definition) is 5. The van der Waals surface area contributed by atoms with Crippen LogP contribution in [-0.2, 0) is 29.4 Å². The first-order chi connectivity index (χ1) is 20.4. The summed E-state index contributed by atoms with van der Waals surface area (Å²) in [6.45, 7) is 8.65. The van der Waals surface area contributed by atoms with Gasteiger partial charge in [-0.1, -0.05) is 33.8 Å². The number of aryl methyl sites for hydroxylation is 2. The largest absolute Gasteiger partial charge is 0.465 e. The van der Waals surface area contributed by atoms with E-state index in [-0.39, 0.29) is 35.9 Å². The van der Waals surface area contributed by atoms with Crippen LogP contribution in [0.3, 0.4) is 0 Å². The average Bonchev–Trinajstić information content (AvgIpc) is 3.25. The van der Waals surface area contributed by atoms with Gasteiger partial charge in [0, 0.05) is 43.8 Å². The number of carbonyl (C=O) groups excluding carboxylic acids is 1. The molecule has 0 radical (unpaired) electrons. The summed E-state index contributed by atoms with van der Waals surface area (Å²) >= 11 is 0. The highest BCUT2D eigenvalue weighted by Crippen LogP contribution is 2.30. The number of fused-ring (bicyclic) bond motifs is 1. The average molecular weight is 599 g/mol. The lowest BCUT2D eigenvalue weighted by molar-refractivity contribution is -0.122. The minimum Gasteiger partial charge on any atom is -0.465 e. The van der Waals surface area contributed by atoms with Crippen molar-refractivity contribution in [2.24, 2.45) is 30.7 Å². The molecule has 0 saturated heterocycles. The second-order valence-corrected chi connectivity index (χ2v) is 12.2. The number of nitrogens with zero attached hydrogens (tertiary/aromatic N) is 2. The third kappa shape index (κ3) is 9.76. The Bertz CT molecular complexity index is 1340. The van der Waals surface area contributed by atoms with Gasteiger partial charge in [0.1, 0.15) is 11.6 Å². The van der Waals surface area contributed by atoms with Gasteiger partial charge in [-0.25, -0.2) is 14.2 Å². The number of amides is 2. The molecule has 4 N–H and O–H groups in total.